The van der Waals surface area contributed by atoms with Gasteiger partial charge in [-0.3, -0.25) is 9.78 Å². The summed E-state index contributed by atoms with van der Waals surface area (Å²) in [6.45, 7) is 0.306. The van der Waals surface area contributed by atoms with Gasteiger partial charge in [0.2, 0.25) is 0 Å². The van der Waals surface area contributed by atoms with Gasteiger partial charge in [0.15, 0.2) is 5.65 Å². The van der Waals surface area contributed by atoms with Crippen molar-refractivity contribution in [1.82, 2.24) is 24.9 Å². The number of rotatable bonds is 6. The Balaban J connectivity index is 1.61. The van der Waals surface area contributed by atoms with Gasteiger partial charge in [-0.25, -0.2) is 9.50 Å². The highest BCUT2D eigenvalue weighted by Crippen LogP contribution is 2.30. The summed E-state index contributed by atoms with van der Waals surface area (Å²) in [6.07, 6.45) is 1.70. The number of pyridine rings is 1. The molecule has 0 fully saturated rings. The summed E-state index contributed by atoms with van der Waals surface area (Å²) in [5.74, 6) is 0.406. The number of nitrogens with zero attached hydrogens (tertiary/aromatic N) is 4. The average molecular weight is 435 g/mol. The molecular formula is C26H21N5O2. The Hall–Kier alpha value is -4.52. The van der Waals surface area contributed by atoms with Gasteiger partial charge < -0.3 is 10.1 Å². The quantitative estimate of drug-likeness (QED) is 0.428. The van der Waals surface area contributed by atoms with Gasteiger partial charge in [0.25, 0.3) is 5.91 Å². The number of hydrogen-bond acceptors (Lipinski definition) is 5. The minimum absolute atomic E-state index is 0.271. The topological polar surface area (TPSA) is 81.4 Å². The Morgan fingerprint density at radius 1 is 0.939 bits per heavy atom. The average Bonchev–Trinajstić information content (AvgIpc) is 3.32. The van der Waals surface area contributed by atoms with Crippen molar-refractivity contribution in [2.45, 2.75) is 6.54 Å². The molecule has 0 spiro atoms. The maximum Gasteiger partial charge on any atom is 0.270 e. The minimum Gasteiger partial charge on any atom is -0.496 e. The first-order valence-electron chi connectivity index (χ1n) is 10.5. The fourth-order valence-electron chi connectivity index (χ4n) is 3.64. The van der Waals surface area contributed by atoms with E-state index >= 15 is 0 Å². The van der Waals surface area contributed by atoms with Crippen molar-refractivity contribution >= 4 is 11.6 Å². The highest BCUT2D eigenvalue weighted by atomic mass is 16.5. The number of carbonyl (C=O) groups excluding carboxylic acids is 1. The van der Waals surface area contributed by atoms with Crippen molar-refractivity contribution in [2.75, 3.05) is 7.11 Å². The molecule has 5 rings (SSSR count). The smallest absolute Gasteiger partial charge is 0.270 e. The predicted molar refractivity (Wildman–Crippen MR) is 126 cm³/mol. The first-order valence-corrected chi connectivity index (χ1v) is 10.5. The van der Waals surface area contributed by atoms with Gasteiger partial charge in [-0.1, -0.05) is 48.5 Å². The van der Waals surface area contributed by atoms with Crippen LogP contribution in [0.15, 0.2) is 91.1 Å². The molecule has 1 amide bonds. The van der Waals surface area contributed by atoms with Crippen LogP contribution in [0.3, 0.4) is 0 Å². The SMILES string of the molecule is COc1ccccc1-c1cc(C(=O)NCc2ccccn2)n2nc(-c3ccccc3)cc2n1. The molecule has 7 nitrogen and oxygen atoms in total. The van der Waals surface area contributed by atoms with E-state index in [0.29, 0.717) is 29.3 Å². The molecule has 1 N–H and O–H groups in total. The van der Waals surface area contributed by atoms with Crippen molar-refractivity contribution in [3.63, 3.8) is 0 Å². The molecule has 0 unspecified atom stereocenters. The fraction of sp³-hybridized carbons (Fsp3) is 0.0769. The summed E-state index contributed by atoms with van der Waals surface area (Å²) >= 11 is 0. The normalized spacial score (nSPS) is 10.8. The molecule has 0 aliphatic carbocycles. The molecule has 0 bridgehead atoms. The van der Waals surface area contributed by atoms with Crippen LogP contribution in [-0.2, 0) is 6.54 Å². The second-order valence-corrected chi connectivity index (χ2v) is 7.40. The van der Waals surface area contributed by atoms with Crippen LogP contribution in [0.25, 0.3) is 28.2 Å². The Kier molecular flexibility index (Phi) is 5.51. The van der Waals surface area contributed by atoms with Gasteiger partial charge in [0, 0.05) is 23.4 Å². The Labute approximate surface area is 190 Å². The fourth-order valence-corrected chi connectivity index (χ4v) is 3.64. The second-order valence-electron chi connectivity index (χ2n) is 7.40. The summed E-state index contributed by atoms with van der Waals surface area (Å²) in [5, 5.41) is 7.63. The lowest BCUT2D eigenvalue weighted by atomic mass is 10.1. The van der Waals surface area contributed by atoms with Gasteiger partial charge in [-0.2, -0.15) is 5.10 Å². The molecule has 3 heterocycles. The van der Waals surface area contributed by atoms with Gasteiger partial charge >= 0.3 is 0 Å². The second kappa shape index (κ2) is 8.92. The largest absolute Gasteiger partial charge is 0.496 e. The molecule has 0 atom stereocenters. The molecule has 0 saturated carbocycles. The Morgan fingerprint density at radius 2 is 1.73 bits per heavy atom. The summed E-state index contributed by atoms with van der Waals surface area (Å²) in [4.78, 5) is 22.3. The van der Waals surface area contributed by atoms with Crippen LogP contribution in [-0.4, -0.2) is 32.6 Å². The highest BCUT2D eigenvalue weighted by molar-refractivity contribution is 5.94. The van der Waals surface area contributed by atoms with E-state index in [4.69, 9.17) is 9.72 Å². The molecule has 33 heavy (non-hydrogen) atoms. The van der Waals surface area contributed by atoms with Gasteiger partial charge in [-0.05, 0) is 30.3 Å². The van der Waals surface area contributed by atoms with Crippen LogP contribution in [0.4, 0.5) is 0 Å². The zero-order chi connectivity index (χ0) is 22.6. The lowest BCUT2D eigenvalue weighted by Crippen LogP contribution is -2.26. The number of benzene rings is 2. The summed E-state index contributed by atoms with van der Waals surface area (Å²) < 4.78 is 7.10. The number of hydrogen-bond donors (Lipinski definition) is 1. The maximum atomic E-state index is 13.3. The van der Waals surface area contributed by atoms with Gasteiger partial charge in [-0.15, -0.1) is 0 Å². The molecule has 0 radical (unpaired) electrons. The van der Waals surface area contributed by atoms with Crippen LogP contribution in [0.2, 0.25) is 0 Å². The van der Waals surface area contributed by atoms with E-state index in [1.54, 1.807) is 23.9 Å². The van der Waals surface area contributed by atoms with Gasteiger partial charge in [0.05, 0.1) is 30.7 Å². The third-order valence-electron chi connectivity index (χ3n) is 5.27. The number of fused-ring (bicyclic) bond motifs is 1. The van der Waals surface area contributed by atoms with Crippen LogP contribution >= 0.6 is 0 Å². The van der Waals surface area contributed by atoms with Crippen molar-refractivity contribution in [2.24, 2.45) is 0 Å². The molecule has 2 aromatic carbocycles. The number of ether oxygens (including phenoxy) is 1. The highest BCUT2D eigenvalue weighted by Gasteiger charge is 2.18. The van der Waals surface area contributed by atoms with Crippen LogP contribution in [0.5, 0.6) is 5.75 Å². The molecule has 7 heteroatoms. The number of nitrogens with one attached hydrogen (secondary N) is 1. The summed E-state index contributed by atoms with van der Waals surface area (Å²) in [6, 6.07) is 26.6. The standard InChI is InChI=1S/C26H21N5O2/c1-33-24-13-6-5-12-20(24)22-15-23(26(32)28-17-19-11-7-8-14-27-19)31-25(29-22)16-21(30-31)18-9-3-2-4-10-18/h2-16H,17H2,1H3,(H,28,32). The van der Waals surface area contributed by atoms with Crippen molar-refractivity contribution in [1.29, 1.82) is 0 Å². The maximum absolute atomic E-state index is 13.3. The van der Waals surface area contributed by atoms with E-state index in [0.717, 1.165) is 22.5 Å². The van der Waals surface area contributed by atoms with E-state index in [2.05, 4.69) is 15.4 Å². The number of carbonyl (C=O) groups is 1. The summed E-state index contributed by atoms with van der Waals surface area (Å²) in [5.41, 5.74) is 4.82. The molecule has 5 aromatic rings. The lowest BCUT2D eigenvalue weighted by Gasteiger charge is -2.11. The molecule has 0 aliphatic rings. The first-order chi connectivity index (χ1) is 16.2. The number of methoxy groups -OCH3 is 1. The molecule has 0 aliphatic heterocycles. The van der Waals surface area contributed by atoms with Crippen molar-refractivity contribution < 1.29 is 9.53 Å². The predicted octanol–water partition coefficient (Wildman–Crippen LogP) is 4.40. The van der Waals surface area contributed by atoms with E-state index in [-0.39, 0.29) is 5.91 Å². The summed E-state index contributed by atoms with van der Waals surface area (Å²) in [7, 11) is 1.62. The third-order valence-corrected chi connectivity index (χ3v) is 5.27. The van der Waals surface area contributed by atoms with Crippen LogP contribution < -0.4 is 10.1 Å². The third kappa shape index (κ3) is 4.16. The Morgan fingerprint density at radius 3 is 2.52 bits per heavy atom. The van der Waals surface area contributed by atoms with Crippen molar-refractivity contribution in [3.05, 3.63) is 103 Å². The van der Waals surface area contributed by atoms with Crippen LogP contribution in [0.1, 0.15) is 16.2 Å². The van der Waals surface area contributed by atoms with Gasteiger partial charge in [0.1, 0.15) is 11.4 Å². The zero-order valence-electron chi connectivity index (χ0n) is 18.0. The number of para-hydroxylation sites is 1. The van der Waals surface area contributed by atoms with E-state index < -0.39 is 0 Å². The van der Waals surface area contributed by atoms with E-state index in [9.17, 15) is 4.79 Å². The van der Waals surface area contributed by atoms with E-state index in [1.165, 1.54) is 0 Å². The number of aromatic nitrogens is 4. The number of amides is 1. The zero-order valence-corrected chi connectivity index (χ0v) is 18.0. The minimum atomic E-state index is -0.271. The first kappa shape index (κ1) is 20.4. The van der Waals surface area contributed by atoms with E-state index in [1.807, 2.05) is 78.9 Å². The van der Waals surface area contributed by atoms with Crippen LogP contribution in [0, 0.1) is 0 Å². The molecule has 3 aromatic heterocycles. The Bertz CT molecular complexity index is 1420. The molecule has 162 valence electrons. The van der Waals surface area contributed by atoms with Crippen molar-refractivity contribution in [3.8, 4) is 28.3 Å². The molecule has 0 saturated heterocycles. The lowest BCUT2D eigenvalue weighted by molar-refractivity contribution is 0.0943. The monoisotopic (exact) mass is 435 g/mol. The molecular weight excluding hydrogens is 414 g/mol.